The Morgan fingerprint density at radius 2 is 2.05 bits per heavy atom. The molecule has 1 aliphatic rings. The summed E-state index contributed by atoms with van der Waals surface area (Å²) < 4.78 is 0. The van der Waals surface area contributed by atoms with E-state index in [0.29, 0.717) is 6.54 Å². The highest BCUT2D eigenvalue weighted by Gasteiger charge is 2.21. The highest BCUT2D eigenvalue weighted by atomic mass is 16.3. The smallest absolute Gasteiger partial charge is 0.135 e. The third kappa shape index (κ3) is 2.82. The monoisotopic (exact) mass is 256 g/mol. The molecule has 0 saturated carbocycles. The molecule has 1 aromatic heterocycles. The molecule has 1 aliphatic heterocycles. The SMILES string of the molecule is O[C@H]1CCN(c2cc(Nc3ccccc3)ncn2)C1. The molecular formula is C14H16N4O. The summed E-state index contributed by atoms with van der Waals surface area (Å²) in [4.78, 5) is 10.5. The van der Waals surface area contributed by atoms with Crippen molar-refractivity contribution in [1.29, 1.82) is 0 Å². The summed E-state index contributed by atoms with van der Waals surface area (Å²) in [6.45, 7) is 1.48. The first-order valence-corrected chi connectivity index (χ1v) is 6.38. The van der Waals surface area contributed by atoms with Gasteiger partial charge in [-0.3, -0.25) is 0 Å². The van der Waals surface area contributed by atoms with Gasteiger partial charge >= 0.3 is 0 Å². The number of aliphatic hydroxyl groups is 1. The Morgan fingerprint density at radius 1 is 1.21 bits per heavy atom. The van der Waals surface area contributed by atoms with Crippen molar-refractivity contribution >= 4 is 17.3 Å². The third-order valence-corrected chi connectivity index (χ3v) is 3.19. The lowest BCUT2D eigenvalue weighted by Gasteiger charge is -2.17. The molecule has 3 rings (SSSR count). The molecule has 1 saturated heterocycles. The number of nitrogens with one attached hydrogen (secondary N) is 1. The van der Waals surface area contributed by atoms with Crippen molar-refractivity contribution in [3.05, 3.63) is 42.7 Å². The second-order valence-corrected chi connectivity index (χ2v) is 4.64. The fraction of sp³-hybridized carbons (Fsp3) is 0.286. The lowest BCUT2D eigenvalue weighted by Crippen LogP contribution is -2.22. The maximum absolute atomic E-state index is 9.56. The first-order valence-electron chi connectivity index (χ1n) is 6.38. The van der Waals surface area contributed by atoms with Crippen molar-refractivity contribution in [3.63, 3.8) is 0 Å². The Morgan fingerprint density at radius 3 is 2.79 bits per heavy atom. The van der Waals surface area contributed by atoms with Crippen LogP contribution in [0.15, 0.2) is 42.7 Å². The maximum Gasteiger partial charge on any atom is 0.135 e. The van der Waals surface area contributed by atoms with E-state index in [1.165, 1.54) is 0 Å². The molecule has 0 aliphatic carbocycles. The van der Waals surface area contributed by atoms with E-state index in [1.54, 1.807) is 6.33 Å². The van der Waals surface area contributed by atoms with Crippen LogP contribution in [0.3, 0.4) is 0 Å². The summed E-state index contributed by atoms with van der Waals surface area (Å²) in [5, 5.41) is 12.8. The van der Waals surface area contributed by atoms with E-state index < -0.39 is 0 Å². The van der Waals surface area contributed by atoms with Crippen LogP contribution >= 0.6 is 0 Å². The Hall–Kier alpha value is -2.14. The van der Waals surface area contributed by atoms with Crippen LogP contribution in [0.5, 0.6) is 0 Å². The summed E-state index contributed by atoms with van der Waals surface area (Å²) in [5.41, 5.74) is 0.994. The zero-order valence-corrected chi connectivity index (χ0v) is 10.5. The average molecular weight is 256 g/mol. The van der Waals surface area contributed by atoms with Gasteiger partial charge in [0.1, 0.15) is 18.0 Å². The van der Waals surface area contributed by atoms with Gasteiger partial charge in [0.15, 0.2) is 0 Å². The van der Waals surface area contributed by atoms with E-state index in [2.05, 4.69) is 20.2 Å². The summed E-state index contributed by atoms with van der Waals surface area (Å²) in [5.74, 6) is 1.61. The highest BCUT2D eigenvalue weighted by Crippen LogP contribution is 2.21. The molecule has 19 heavy (non-hydrogen) atoms. The van der Waals surface area contributed by atoms with Gasteiger partial charge in [0.25, 0.3) is 0 Å². The molecule has 2 aromatic rings. The number of rotatable bonds is 3. The van der Waals surface area contributed by atoms with Gasteiger partial charge < -0.3 is 15.3 Å². The van der Waals surface area contributed by atoms with Crippen molar-refractivity contribution < 1.29 is 5.11 Å². The second-order valence-electron chi connectivity index (χ2n) is 4.64. The molecule has 98 valence electrons. The van der Waals surface area contributed by atoms with Crippen LogP contribution in [0.4, 0.5) is 17.3 Å². The van der Waals surface area contributed by atoms with Crippen molar-refractivity contribution in [3.8, 4) is 0 Å². The fourth-order valence-corrected chi connectivity index (χ4v) is 2.21. The first-order chi connectivity index (χ1) is 9.31. The number of anilines is 3. The molecule has 2 heterocycles. The Balaban J connectivity index is 1.76. The molecule has 1 fully saturated rings. The largest absolute Gasteiger partial charge is 0.391 e. The Bertz CT molecular complexity index is 546. The molecule has 0 unspecified atom stereocenters. The number of para-hydroxylation sites is 1. The summed E-state index contributed by atoms with van der Waals surface area (Å²) in [6.07, 6.45) is 2.09. The normalized spacial score (nSPS) is 18.6. The van der Waals surface area contributed by atoms with Gasteiger partial charge in [-0.15, -0.1) is 0 Å². The average Bonchev–Trinajstić information content (AvgIpc) is 2.87. The quantitative estimate of drug-likeness (QED) is 0.876. The van der Waals surface area contributed by atoms with Crippen molar-refractivity contribution in [1.82, 2.24) is 9.97 Å². The second kappa shape index (κ2) is 5.24. The molecule has 1 aromatic carbocycles. The standard InChI is InChI=1S/C14H16N4O/c19-12-6-7-18(9-12)14-8-13(15-10-16-14)17-11-4-2-1-3-5-11/h1-5,8,10,12,19H,6-7,9H2,(H,15,16,17)/t12-/m0/s1. The van der Waals surface area contributed by atoms with Crippen LogP contribution in [0.2, 0.25) is 0 Å². The minimum absolute atomic E-state index is 0.250. The van der Waals surface area contributed by atoms with E-state index in [-0.39, 0.29) is 6.10 Å². The molecular weight excluding hydrogens is 240 g/mol. The van der Waals surface area contributed by atoms with Crippen LogP contribution in [0.1, 0.15) is 6.42 Å². The molecule has 0 amide bonds. The number of hydrogen-bond acceptors (Lipinski definition) is 5. The summed E-state index contributed by atoms with van der Waals surface area (Å²) in [7, 11) is 0. The van der Waals surface area contributed by atoms with Crippen molar-refractivity contribution in [2.45, 2.75) is 12.5 Å². The molecule has 5 heteroatoms. The fourth-order valence-electron chi connectivity index (χ4n) is 2.21. The number of hydrogen-bond donors (Lipinski definition) is 2. The van der Waals surface area contributed by atoms with Gasteiger partial charge in [-0.1, -0.05) is 18.2 Å². The van der Waals surface area contributed by atoms with Gasteiger partial charge in [0.2, 0.25) is 0 Å². The lowest BCUT2D eigenvalue weighted by atomic mass is 10.3. The van der Waals surface area contributed by atoms with Crippen LogP contribution in [-0.4, -0.2) is 34.3 Å². The number of aromatic nitrogens is 2. The van der Waals surface area contributed by atoms with Crippen LogP contribution in [0.25, 0.3) is 0 Å². The molecule has 0 bridgehead atoms. The van der Waals surface area contributed by atoms with Crippen molar-refractivity contribution in [2.24, 2.45) is 0 Å². The van der Waals surface area contributed by atoms with E-state index >= 15 is 0 Å². The predicted octanol–water partition coefficient (Wildman–Crippen LogP) is 1.79. The minimum Gasteiger partial charge on any atom is -0.391 e. The minimum atomic E-state index is -0.250. The number of nitrogens with zero attached hydrogens (tertiary/aromatic N) is 3. The maximum atomic E-state index is 9.56. The van der Waals surface area contributed by atoms with Crippen molar-refractivity contribution in [2.75, 3.05) is 23.3 Å². The molecule has 5 nitrogen and oxygen atoms in total. The molecule has 0 radical (unpaired) electrons. The molecule has 0 spiro atoms. The van der Waals surface area contributed by atoms with Gasteiger partial charge in [0, 0.05) is 24.8 Å². The van der Waals surface area contributed by atoms with Crippen LogP contribution in [-0.2, 0) is 0 Å². The molecule has 2 N–H and O–H groups in total. The first kappa shape index (κ1) is 11.9. The van der Waals surface area contributed by atoms with Crippen LogP contribution < -0.4 is 10.2 Å². The van der Waals surface area contributed by atoms with Gasteiger partial charge in [-0.05, 0) is 18.6 Å². The number of benzene rings is 1. The predicted molar refractivity (Wildman–Crippen MR) is 74.6 cm³/mol. The molecule has 1 atom stereocenters. The summed E-state index contributed by atoms with van der Waals surface area (Å²) >= 11 is 0. The van der Waals surface area contributed by atoms with Gasteiger partial charge in [0.05, 0.1) is 6.10 Å². The van der Waals surface area contributed by atoms with E-state index in [9.17, 15) is 5.11 Å². The lowest BCUT2D eigenvalue weighted by molar-refractivity contribution is 0.198. The Kier molecular flexibility index (Phi) is 3.29. The van der Waals surface area contributed by atoms with Crippen LogP contribution in [0, 0.1) is 0 Å². The zero-order chi connectivity index (χ0) is 13.1. The van der Waals surface area contributed by atoms with E-state index in [0.717, 1.165) is 30.3 Å². The van der Waals surface area contributed by atoms with E-state index in [1.807, 2.05) is 36.4 Å². The van der Waals surface area contributed by atoms with Gasteiger partial charge in [-0.25, -0.2) is 9.97 Å². The summed E-state index contributed by atoms with van der Waals surface area (Å²) in [6, 6.07) is 11.8. The third-order valence-electron chi connectivity index (χ3n) is 3.19. The topological polar surface area (TPSA) is 61.3 Å². The zero-order valence-electron chi connectivity index (χ0n) is 10.5. The number of aliphatic hydroxyl groups excluding tert-OH is 1. The van der Waals surface area contributed by atoms with Gasteiger partial charge in [-0.2, -0.15) is 0 Å². The van der Waals surface area contributed by atoms with E-state index in [4.69, 9.17) is 0 Å². The highest BCUT2D eigenvalue weighted by molar-refractivity contribution is 5.59. The Labute approximate surface area is 111 Å². The number of β-amino-alcohol motifs (C(OH)–C–C–N with tert-alkyl or cyclic N) is 1.